The van der Waals surface area contributed by atoms with Crippen molar-refractivity contribution in [3.63, 3.8) is 0 Å². The molecular weight excluding hydrogens is 274 g/mol. The van der Waals surface area contributed by atoms with Crippen LogP contribution < -0.4 is 10.6 Å². The SMILES string of the molecule is C[C@@H](NCC(=O)Nc1ccc(F)cc1)c1ccc(F)cc1. The van der Waals surface area contributed by atoms with E-state index < -0.39 is 0 Å². The Kier molecular flexibility index (Phi) is 5.00. The summed E-state index contributed by atoms with van der Waals surface area (Å²) < 4.78 is 25.6. The van der Waals surface area contributed by atoms with Crippen molar-refractivity contribution in [2.45, 2.75) is 13.0 Å². The van der Waals surface area contributed by atoms with E-state index in [1.165, 1.54) is 36.4 Å². The van der Waals surface area contributed by atoms with Gasteiger partial charge in [0.05, 0.1) is 6.54 Å². The van der Waals surface area contributed by atoms with Crippen LogP contribution in [0.4, 0.5) is 14.5 Å². The Labute approximate surface area is 122 Å². The Hall–Kier alpha value is -2.27. The second-order valence-corrected chi connectivity index (χ2v) is 4.71. The fourth-order valence-electron chi connectivity index (χ4n) is 1.85. The van der Waals surface area contributed by atoms with E-state index in [9.17, 15) is 13.6 Å². The van der Waals surface area contributed by atoms with Gasteiger partial charge in [-0.25, -0.2) is 8.78 Å². The minimum absolute atomic E-state index is 0.0791. The van der Waals surface area contributed by atoms with Crippen LogP contribution in [0.15, 0.2) is 48.5 Å². The summed E-state index contributed by atoms with van der Waals surface area (Å²) in [6, 6.07) is 11.6. The molecule has 2 N–H and O–H groups in total. The van der Waals surface area contributed by atoms with Crippen LogP contribution in [0.25, 0.3) is 0 Å². The molecule has 2 aromatic rings. The van der Waals surface area contributed by atoms with E-state index in [-0.39, 0.29) is 30.1 Å². The second kappa shape index (κ2) is 6.95. The summed E-state index contributed by atoms with van der Waals surface area (Å²) in [6.45, 7) is 1.99. The molecule has 1 atom stereocenters. The molecule has 2 aromatic carbocycles. The number of hydrogen-bond acceptors (Lipinski definition) is 2. The molecule has 110 valence electrons. The summed E-state index contributed by atoms with van der Waals surface area (Å²) >= 11 is 0. The highest BCUT2D eigenvalue weighted by Gasteiger charge is 2.08. The maximum absolute atomic E-state index is 12.8. The summed E-state index contributed by atoms with van der Waals surface area (Å²) in [5, 5.41) is 5.70. The third-order valence-electron chi connectivity index (χ3n) is 3.07. The smallest absolute Gasteiger partial charge is 0.238 e. The number of rotatable bonds is 5. The zero-order chi connectivity index (χ0) is 15.2. The van der Waals surface area contributed by atoms with Crippen LogP contribution in [-0.4, -0.2) is 12.5 Å². The highest BCUT2D eigenvalue weighted by Crippen LogP contribution is 2.12. The van der Waals surface area contributed by atoms with Gasteiger partial charge in [-0.15, -0.1) is 0 Å². The van der Waals surface area contributed by atoms with Crippen LogP contribution in [0, 0.1) is 11.6 Å². The predicted molar refractivity (Wildman–Crippen MR) is 77.8 cm³/mol. The van der Waals surface area contributed by atoms with Crippen molar-refractivity contribution in [3.8, 4) is 0 Å². The number of anilines is 1. The lowest BCUT2D eigenvalue weighted by molar-refractivity contribution is -0.115. The summed E-state index contributed by atoms with van der Waals surface area (Å²) in [6.07, 6.45) is 0. The third-order valence-corrected chi connectivity index (χ3v) is 3.07. The van der Waals surface area contributed by atoms with Gasteiger partial charge in [0.2, 0.25) is 5.91 Å². The minimum atomic E-state index is -0.351. The lowest BCUT2D eigenvalue weighted by Crippen LogP contribution is -2.30. The number of carbonyl (C=O) groups excluding carboxylic acids is 1. The van der Waals surface area contributed by atoms with Gasteiger partial charge < -0.3 is 10.6 Å². The summed E-state index contributed by atoms with van der Waals surface area (Å²) in [7, 11) is 0. The van der Waals surface area contributed by atoms with Crippen molar-refractivity contribution in [2.75, 3.05) is 11.9 Å². The van der Waals surface area contributed by atoms with Crippen LogP contribution in [0.2, 0.25) is 0 Å². The van der Waals surface area contributed by atoms with Gasteiger partial charge in [-0.2, -0.15) is 0 Å². The van der Waals surface area contributed by atoms with E-state index >= 15 is 0 Å². The van der Waals surface area contributed by atoms with E-state index in [2.05, 4.69) is 10.6 Å². The monoisotopic (exact) mass is 290 g/mol. The maximum Gasteiger partial charge on any atom is 0.238 e. The molecule has 0 aliphatic heterocycles. The summed E-state index contributed by atoms with van der Waals surface area (Å²) in [5.41, 5.74) is 1.43. The van der Waals surface area contributed by atoms with E-state index in [4.69, 9.17) is 0 Å². The van der Waals surface area contributed by atoms with Gasteiger partial charge in [0.1, 0.15) is 11.6 Å². The van der Waals surface area contributed by atoms with E-state index in [0.717, 1.165) is 5.56 Å². The molecule has 0 saturated carbocycles. The lowest BCUT2D eigenvalue weighted by atomic mass is 10.1. The molecule has 0 bridgehead atoms. The van der Waals surface area contributed by atoms with Crippen molar-refractivity contribution in [3.05, 3.63) is 65.7 Å². The molecule has 5 heteroatoms. The van der Waals surface area contributed by atoms with Crippen molar-refractivity contribution in [1.29, 1.82) is 0 Å². The Morgan fingerprint density at radius 1 is 1.00 bits per heavy atom. The standard InChI is InChI=1S/C16H16F2N2O/c1-11(12-2-4-13(17)5-3-12)19-10-16(21)20-15-8-6-14(18)7-9-15/h2-9,11,19H,10H2,1H3,(H,20,21)/t11-/m1/s1. The molecule has 21 heavy (non-hydrogen) atoms. The number of amides is 1. The molecule has 0 aliphatic rings. The molecule has 2 rings (SSSR count). The molecule has 0 spiro atoms. The number of halogens is 2. The molecule has 0 radical (unpaired) electrons. The van der Waals surface area contributed by atoms with Gasteiger partial charge in [0.25, 0.3) is 0 Å². The number of benzene rings is 2. The fraction of sp³-hybridized carbons (Fsp3) is 0.188. The second-order valence-electron chi connectivity index (χ2n) is 4.71. The maximum atomic E-state index is 12.8. The first-order valence-electron chi connectivity index (χ1n) is 6.59. The van der Waals surface area contributed by atoms with Gasteiger partial charge >= 0.3 is 0 Å². The predicted octanol–water partition coefficient (Wildman–Crippen LogP) is 3.25. The Balaban J connectivity index is 1.83. The van der Waals surface area contributed by atoms with Crippen molar-refractivity contribution in [2.24, 2.45) is 0 Å². The first-order chi connectivity index (χ1) is 10.0. The number of hydrogen-bond donors (Lipinski definition) is 2. The molecule has 0 saturated heterocycles. The quantitative estimate of drug-likeness (QED) is 0.887. The van der Waals surface area contributed by atoms with Gasteiger partial charge in [0.15, 0.2) is 0 Å². The summed E-state index contributed by atoms with van der Waals surface area (Å²) in [5.74, 6) is -0.869. The van der Waals surface area contributed by atoms with Crippen LogP contribution >= 0.6 is 0 Å². The lowest BCUT2D eigenvalue weighted by Gasteiger charge is -2.14. The van der Waals surface area contributed by atoms with Crippen molar-refractivity contribution in [1.82, 2.24) is 5.32 Å². The van der Waals surface area contributed by atoms with Gasteiger partial charge in [-0.05, 0) is 48.9 Å². The number of nitrogens with one attached hydrogen (secondary N) is 2. The van der Waals surface area contributed by atoms with Gasteiger partial charge in [-0.3, -0.25) is 4.79 Å². The molecule has 0 heterocycles. The zero-order valence-corrected chi connectivity index (χ0v) is 11.6. The van der Waals surface area contributed by atoms with Crippen molar-refractivity contribution < 1.29 is 13.6 Å². The third kappa shape index (κ3) is 4.65. The van der Waals surface area contributed by atoms with E-state index in [1.54, 1.807) is 12.1 Å². The van der Waals surface area contributed by atoms with Crippen LogP contribution in [0.1, 0.15) is 18.5 Å². The summed E-state index contributed by atoms with van der Waals surface area (Å²) in [4.78, 5) is 11.8. The van der Waals surface area contributed by atoms with Gasteiger partial charge in [0, 0.05) is 11.7 Å². The molecule has 0 aliphatic carbocycles. The van der Waals surface area contributed by atoms with Crippen LogP contribution in [0.3, 0.4) is 0 Å². The molecule has 0 aromatic heterocycles. The van der Waals surface area contributed by atoms with E-state index in [1.807, 2.05) is 6.92 Å². The Morgan fingerprint density at radius 3 is 2.10 bits per heavy atom. The Morgan fingerprint density at radius 2 is 1.52 bits per heavy atom. The van der Waals surface area contributed by atoms with Crippen LogP contribution in [0.5, 0.6) is 0 Å². The Bertz CT molecular complexity index is 597. The average molecular weight is 290 g/mol. The topological polar surface area (TPSA) is 41.1 Å². The molecule has 0 fully saturated rings. The number of carbonyl (C=O) groups is 1. The molecule has 1 amide bonds. The van der Waals surface area contributed by atoms with Crippen molar-refractivity contribution >= 4 is 11.6 Å². The molecule has 3 nitrogen and oxygen atoms in total. The molecule has 0 unspecified atom stereocenters. The highest BCUT2D eigenvalue weighted by molar-refractivity contribution is 5.92. The van der Waals surface area contributed by atoms with Gasteiger partial charge in [-0.1, -0.05) is 12.1 Å². The zero-order valence-electron chi connectivity index (χ0n) is 11.6. The molecular formula is C16H16F2N2O. The average Bonchev–Trinajstić information content (AvgIpc) is 2.48. The normalized spacial score (nSPS) is 12.0. The first kappa shape index (κ1) is 15.1. The largest absolute Gasteiger partial charge is 0.325 e. The van der Waals surface area contributed by atoms with Crippen LogP contribution in [-0.2, 0) is 4.79 Å². The minimum Gasteiger partial charge on any atom is -0.325 e. The van der Waals surface area contributed by atoms with E-state index in [0.29, 0.717) is 5.69 Å². The fourth-order valence-corrected chi connectivity index (χ4v) is 1.85. The highest BCUT2D eigenvalue weighted by atomic mass is 19.1. The first-order valence-corrected chi connectivity index (χ1v) is 6.59.